The minimum absolute atomic E-state index is 0.0180. The van der Waals surface area contributed by atoms with E-state index in [-0.39, 0.29) is 21.7 Å². The fraction of sp³-hybridized carbons (Fsp3) is 0.263. The second-order valence-corrected chi connectivity index (χ2v) is 8.62. The summed E-state index contributed by atoms with van der Waals surface area (Å²) in [5.74, 6) is 0.305. The molecule has 0 bridgehead atoms. The largest absolute Gasteiger partial charge is 0.495 e. The molecule has 0 saturated heterocycles. The zero-order valence-corrected chi connectivity index (χ0v) is 17.4. The molecule has 2 aromatic rings. The summed E-state index contributed by atoms with van der Waals surface area (Å²) >= 11 is 1.08. The van der Waals surface area contributed by atoms with E-state index in [2.05, 4.69) is 9.71 Å². The zero-order valence-electron chi connectivity index (χ0n) is 15.8. The van der Waals surface area contributed by atoms with Crippen molar-refractivity contribution in [2.75, 3.05) is 29.6 Å². The van der Waals surface area contributed by atoms with Crippen molar-refractivity contribution in [3.8, 4) is 5.75 Å². The number of nitrogens with zero attached hydrogens (tertiary/aromatic N) is 2. The third kappa shape index (κ3) is 4.15. The molecule has 1 heterocycles. The molecule has 9 heteroatoms. The highest BCUT2D eigenvalue weighted by Gasteiger charge is 2.30. The molecule has 0 spiro atoms. The first-order valence-electron chi connectivity index (χ1n) is 8.64. The number of methoxy groups -OCH3 is 1. The van der Waals surface area contributed by atoms with Gasteiger partial charge in [-0.15, -0.1) is 4.40 Å². The SMILES string of the molecule is CCN1C(SCC(=O)Nc2cc(C)ccc2OC)=NS(=O)(=O)c2ccccc21. The van der Waals surface area contributed by atoms with Gasteiger partial charge in [0, 0.05) is 6.54 Å². The van der Waals surface area contributed by atoms with E-state index in [0.717, 1.165) is 17.3 Å². The van der Waals surface area contributed by atoms with Crippen molar-refractivity contribution in [2.45, 2.75) is 18.7 Å². The molecule has 3 rings (SSSR count). The monoisotopic (exact) mass is 419 g/mol. The van der Waals surface area contributed by atoms with Crippen LogP contribution in [0.15, 0.2) is 51.8 Å². The van der Waals surface area contributed by atoms with E-state index in [4.69, 9.17) is 4.74 Å². The Bertz CT molecular complexity index is 1040. The molecule has 0 radical (unpaired) electrons. The lowest BCUT2D eigenvalue weighted by Gasteiger charge is -2.29. The Labute approximate surface area is 168 Å². The number of carbonyl (C=O) groups is 1. The molecular formula is C19H21N3O4S2. The molecule has 0 fully saturated rings. The number of ether oxygens (including phenoxy) is 1. The highest BCUT2D eigenvalue weighted by Crippen LogP contribution is 2.34. The van der Waals surface area contributed by atoms with Crippen LogP contribution in [0.2, 0.25) is 0 Å². The fourth-order valence-electron chi connectivity index (χ4n) is 2.85. The van der Waals surface area contributed by atoms with E-state index in [0.29, 0.717) is 23.7 Å². The lowest BCUT2D eigenvalue weighted by atomic mass is 10.2. The maximum atomic E-state index is 12.5. The van der Waals surface area contributed by atoms with Gasteiger partial charge in [-0.05, 0) is 43.7 Å². The van der Waals surface area contributed by atoms with Crippen LogP contribution in [0.1, 0.15) is 12.5 Å². The van der Waals surface area contributed by atoms with E-state index >= 15 is 0 Å². The van der Waals surface area contributed by atoms with Crippen LogP contribution >= 0.6 is 11.8 Å². The number of para-hydroxylation sites is 1. The molecule has 0 atom stereocenters. The van der Waals surface area contributed by atoms with E-state index < -0.39 is 10.0 Å². The third-order valence-electron chi connectivity index (χ3n) is 4.14. The van der Waals surface area contributed by atoms with Crippen LogP contribution in [-0.4, -0.2) is 38.9 Å². The number of hydrogen-bond donors (Lipinski definition) is 1. The predicted molar refractivity (Wildman–Crippen MR) is 113 cm³/mol. The number of benzene rings is 2. The van der Waals surface area contributed by atoms with Gasteiger partial charge in [0.1, 0.15) is 10.6 Å². The molecule has 0 saturated carbocycles. The molecule has 1 aliphatic rings. The Balaban J connectivity index is 1.76. The van der Waals surface area contributed by atoms with Crippen LogP contribution in [0.5, 0.6) is 5.75 Å². The minimum atomic E-state index is -3.78. The number of nitrogens with one attached hydrogen (secondary N) is 1. The summed E-state index contributed by atoms with van der Waals surface area (Å²) in [6, 6.07) is 12.2. The highest BCUT2D eigenvalue weighted by atomic mass is 32.2. The number of hydrogen-bond acceptors (Lipinski definition) is 6. The number of amidine groups is 1. The van der Waals surface area contributed by atoms with Crippen molar-refractivity contribution < 1.29 is 17.9 Å². The summed E-state index contributed by atoms with van der Waals surface area (Å²) in [5.41, 5.74) is 2.13. The summed E-state index contributed by atoms with van der Waals surface area (Å²) in [6.07, 6.45) is 0. The standard InChI is InChI=1S/C19H21N3O4S2/c1-4-22-15-7-5-6-8-17(15)28(24,25)21-19(22)27-12-18(23)20-14-11-13(2)9-10-16(14)26-3/h5-11H,4,12H2,1-3H3,(H,20,23). The average molecular weight is 420 g/mol. The van der Waals surface area contributed by atoms with Crippen molar-refractivity contribution in [1.29, 1.82) is 0 Å². The lowest BCUT2D eigenvalue weighted by molar-refractivity contribution is -0.113. The molecule has 2 aromatic carbocycles. The summed E-state index contributed by atoms with van der Waals surface area (Å²) in [6.45, 7) is 4.36. The molecule has 0 aromatic heterocycles. The van der Waals surface area contributed by atoms with Gasteiger partial charge in [-0.25, -0.2) is 0 Å². The van der Waals surface area contributed by atoms with E-state index in [9.17, 15) is 13.2 Å². The number of fused-ring (bicyclic) bond motifs is 1. The van der Waals surface area contributed by atoms with E-state index in [1.165, 1.54) is 13.2 Å². The van der Waals surface area contributed by atoms with Gasteiger partial charge in [0.25, 0.3) is 10.0 Å². The third-order valence-corrected chi connectivity index (χ3v) is 6.55. The average Bonchev–Trinajstić information content (AvgIpc) is 2.66. The van der Waals surface area contributed by atoms with Gasteiger partial charge in [0.05, 0.1) is 24.2 Å². The van der Waals surface area contributed by atoms with Crippen LogP contribution in [0.3, 0.4) is 0 Å². The second kappa shape index (κ2) is 8.24. The number of anilines is 2. The van der Waals surface area contributed by atoms with Crippen molar-refractivity contribution >= 4 is 44.2 Å². The van der Waals surface area contributed by atoms with Crippen LogP contribution < -0.4 is 15.0 Å². The molecule has 0 aliphatic carbocycles. The Morgan fingerprint density at radius 2 is 2.00 bits per heavy atom. The van der Waals surface area contributed by atoms with Gasteiger partial charge in [0.2, 0.25) is 5.91 Å². The quantitative estimate of drug-likeness (QED) is 0.800. The highest BCUT2D eigenvalue weighted by molar-refractivity contribution is 8.15. The van der Waals surface area contributed by atoms with Crippen LogP contribution in [-0.2, 0) is 14.8 Å². The number of aryl methyl sites for hydroxylation is 1. The molecule has 1 amide bonds. The Kier molecular flexibility index (Phi) is 5.95. The minimum Gasteiger partial charge on any atom is -0.495 e. The molecule has 148 valence electrons. The van der Waals surface area contributed by atoms with Gasteiger partial charge in [-0.2, -0.15) is 8.42 Å². The second-order valence-electron chi connectivity index (χ2n) is 6.10. The first-order chi connectivity index (χ1) is 13.4. The number of carbonyl (C=O) groups excluding carboxylic acids is 1. The molecule has 28 heavy (non-hydrogen) atoms. The molecule has 0 unspecified atom stereocenters. The number of sulfonamides is 1. The van der Waals surface area contributed by atoms with Crippen LogP contribution in [0, 0.1) is 6.92 Å². The maximum absolute atomic E-state index is 12.5. The number of rotatable bonds is 5. The van der Waals surface area contributed by atoms with Crippen LogP contribution in [0.4, 0.5) is 11.4 Å². The zero-order chi connectivity index (χ0) is 20.3. The van der Waals surface area contributed by atoms with Gasteiger partial charge in [-0.1, -0.05) is 30.0 Å². The first kappa shape index (κ1) is 20.2. The summed E-state index contributed by atoms with van der Waals surface area (Å²) in [5, 5.41) is 3.09. The molecule has 7 nitrogen and oxygen atoms in total. The van der Waals surface area contributed by atoms with E-state index in [1.54, 1.807) is 29.2 Å². The topological polar surface area (TPSA) is 88.1 Å². The van der Waals surface area contributed by atoms with Gasteiger partial charge in [-0.3, -0.25) is 4.79 Å². The Hall–Kier alpha value is -2.52. The van der Waals surface area contributed by atoms with Crippen molar-refractivity contribution in [1.82, 2.24) is 0 Å². The van der Waals surface area contributed by atoms with E-state index in [1.807, 2.05) is 26.0 Å². The van der Waals surface area contributed by atoms with Crippen molar-refractivity contribution in [2.24, 2.45) is 4.40 Å². The maximum Gasteiger partial charge on any atom is 0.286 e. The number of amides is 1. The number of thioether (sulfide) groups is 1. The molecular weight excluding hydrogens is 398 g/mol. The van der Waals surface area contributed by atoms with Gasteiger partial charge < -0.3 is 15.0 Å². The van der Waals surface area contributed by atoms with Crippen molar-refractivity contribution in [3.63, 3.8) is 0 Å². The van der Waals surface area contributed by atoms with Gasteiger partial charge >= 0.3 is 0 Å². The van der Waals surface area contributed by atoms with Gasteiger partial charge in [0.15, 0.2) is 5.17 Å². The first-order valence-corrected chi connectivity index (χ1v) is 11.1. The fourth-order valence-corrected chi connectivity index (χ4v) is 5.16. The normalized spacial score (nSPS) is 14.8. The van der Waals surface area contributed by atoms with Crippen molar-refractivity contribution in [3.05, 3.63) is 48.0 Å². The molecule has 1 N–H and O–H groups in total. The summed E-state index contributed by atoms with van der Waals surface area (Å²) in [4.78, 5) is 14.4. The van der Waals surface area contributed by atoms with Crippen LogP contribution in [0.25, 0.3) is 0 Å². The predicted octanol–water partition coefficient (Wildman–Crippen LogP) is 3.26. The Morgan fingerprint density at radius 3 is 2.71 bits per heavy atom. The lowest BCUT2D eigenvalue weighted by Crippen LogP contribution is -2.34. The smallest absolute Gasteiger partial charge is 0.286 e. The summed E-state index contributed by atoms with van der Waals surface area (Å²) < 4.78 is 34.1. The summed E-state index contributed by atoms with van der Waals surface area (Å²) in [7, 11) is -2.25. The Morgan fingerprint density at radius 1 is 1.25 bits per heavy atom. The molecule has 1 aliphatic heterocycles.